The molecule has 110 valence electrons. The monoisotopic (exact) mass is 359 g/mol. The third-order valence-corrected chi connectivity index (χ3v) is 3.55. The van der Waals surface area contributed by atoms with Crippen molar-refractivity contribution >= 4 is 38.5 Å². The van der Waals surface area contributed by atoms with E-state index in [-0.39, 0.29) is 17.0 Å². The zero-order valence-corrected chi connectivity index (χ0v) is 12.8. The molecule has 1 aromatic heterocycles. The van der Waals surface area contributed by atoms with Crippen LogP contribution < -0.4 is 10.9 Å². The topological polar surface area (TPSA) is 79.5 Å². The zero-order valence-electron chi connectivity index (χ0n) is 11.2. The number of amides is 1. The van der Waals surface area contributed by atoms with E-state index < -0.39 is 11.5 Å². The minimum absolute atomic E-state index is 0.00145. The second-order valence-corrected chi connectivity index (χ2v) is 5.55. The van der Waals surface area contributed by atoms with Gasteiger partial charge in [-0.05, 0) is 36.4 Å². The normalized spacial score (nSPS) is 10.6. The van der Waals surface area contributed by atoms with Crippen LogP contribution in [0.25, 0.3) is 11.0 Å². The first kappa shape index (κ1) is 14.3. The second-order valence-electron chi connectivity index (χ2n) is 4.63. The highest BCUT2D eigenvalue weighted by molar-refractivity contribution is 9.10. The number of fused-ring (bicyclic) bond motifs is 1. The Bertz CT molecular complexity index is 933. The summed E-state index contributed by atoms with van der Waals surface area (Å²) in [7, 11) is 0. The summed E-state index contributed by atoms with van der Waals surface area (Å²) in [6, 6.07) is 12.7. The van der Waals surface area contributed by atoms with Crippen LogP contribution in [0, 0.1) is 0 Å². The number of nitrogens with one attached hydrogen (secondary N) is 1. The smallest absolute Gasteiger partial charge is 0.360 e. The first-order valence-corrected chi connectivity index (χ1v) is 7.16. The Morgan fingerprint density at radius 2 is 1.95 bits per heavy atom. The van der Waals surface area contributed by atoms with Crippen molar-refractivity contribution in [1.29, 1.82) is 0 Å². The molecule has 5 nitrogen and oxygen atoms in total. The van der Waals surface area contributed by atoms with Gasteiger partial charge in [0, 0.05) is 21.5 Å². The van der Waals surface area contributed by atoms with Crippen LogP contribution >= 0.6 is 15.9 Å². The van der Waals surface area contributed by atoms with Crippen molar-refractivity contribution < 1.29 is 14.3 Å². The van der Waals surface area contributed by atoms with Crippen LogP contribution in [0.5, 0.6) is 5.75 Å². The van der Waals surface area contributed by atoms with E-state index in [4.69, 9.17) is 4.42 Å². The quantitative estimate of drug-likeness (QED) is 0.686. The van der Waals surface area contributed by atoms with E-state index in [1.54, 1.807) is 30.3 Å². The van der Waals surface area contributed by atoms with Gasteiger partial charge >= 0.3 is 5.63 Å². The standard InChI is InChI=1S/C16H10BrNO4/c17-11-3-1-2-10(6-11)15(20)18-13-7-9-4-5-12(19)8-14(9)22-16(13)21/h1-8,19H,(H,18,20). The summed E-state index contributed by atoms with van der Waals surface area (Å²) in [4.78, 5) is 24.1. The number of rotatable bonds is 2. The minimum Gasteiger partial charge on any atom is -0.508 e. The number of benzene rings is 2. The Morgan fingerprint density at radius 1 is 1.14 bits per heavy atom. The molecule has 1 heterocycles. The van der Waals surface area contributed by atoms with E-state index in [2.05, 4.69) is 21.2 Å². The van der Waals surface area contributed by atoms with Gasteiger partial charge in [0.1, 0.15) is 17.0 Å². The van der Waals surface area contributed by atoms with Gasteiger partial charge in [0.05, 0.1) is 0 Å². The molecular formula is C16H10BrNO4. The number of hydrogen-bond donors (Lipinski definition) is 2. The van der Waals surface area contributed by atoms with Crippen LogP contribution in [0.3, 0.4) is 0 Å². The molecule has 0 fully saturated rings. The molecule has 0 saturated carbocycles. The number of phenols is 1. The van der Waals surface area contributed by atoms with Crippen LogP contribution in [0.2, 0.25) is 0 Å². The zero-order chi connectivity index (χ0) is 15.7. The third kappa shape index (κ3) is 2.87. The van der Waals surface area contributed by atoms with E-state index in [9.17, 15) is 14.7 Å². The van der Waals surface area contributed by atoms with Gasteiger partial charge in [0.15, 0.2) is 0 Å². The van der Waals surface area contributed by atoms with Crippen LogP contribution in [0.4, 0.5) is 5.69 Å². The number of carbonyl (C=O) groups is 1. The van der Waals surface area contributed by atoms with E-state index >= 15 is 0 Å². The van der Waals surface area contributed by atoms with Crippen molar-refractivity contribution in [2.24, 2.45) is 0 Å². The Labute approximate surface area is 133 Å². The van der Waals surface area contributed by atoms with Crippen LogP contribution in [0.1, 0.15) is 10.4 Å². The number of anilines is 1. The Hall–Kier alpha value is -2.60. The molecule has 0 aliphatic carbocycles. The molecule has 0 saturated heterocycles. The molecule has 2 aromatic carbocycles. The van der Waals surface area contributed by atoms with Crippen molar-refractivity contribution in [1.82, 2.24) is 0 Å². The fourth-order valence-corrected chi connectivity index (χ4v) is 2.41. The molecule has 0 aliphatic heterocycles. The molecule has 1 amide bonds. The van der Waals surface area contributed by atoms with Gasteiger partial charge in [-0.3, -0.25) is 4.79 Å². The Balaban J connectivity index is 1.97. The fraction of sp³-hybridized carbons (Fsp3) is 0. The summed E-state index contributed by atoms with van der Waals surface area (Å²) < 4.78 is 5.86. The van der Waals surface area contributed by atoms with Gasteiger partial charge < -0.3 is 14.8 Å². The van der Waals surface area contributed by atoms with Gasteiger partial charge in [-0.1, -0.05) is 22.0 Å². The summed E-state index contributed by atoms with van der Waals surface area (Å²) in [6.45, 7) is 0. The first-order valence-electron chi connectivity index (χ1n) is 6.37. The molecule has 0 radical (unpaired) electrons. The van der Waals surface area contributed by atoms with Gasteiger partial charge in [0.2, 0.25) is 0 Å². The molecule has 0 unspecified atom stereocenters. The largest absolute Gasteiger partial charge is 0.508 e. The summed E-state index contributed by atoms with van der Waals surface area (Å²) in [5, 5.41) is 12.5. The van der Waals surface area contributed by atoms with Crippen molar-refractivity contribution in [2.75, 3.05) is 5.32 Å². The number of hydrogen-bond acceptors (Lipinski definition) is 4. The SMILES string of the molecule is O=C(Nc1cc2ccc(O)cc2oc1=O)c1cccc(Br)c1. The molecular weight excluding hydrogens is 350 g/mol. The fourth-order valence-electron chi connectivity index (χ4n) is 2.01. The van der Waals surface area contributed by atoms with Gasteiger partial charge in [-0.25, -0.2) is 4.79 Å². The van der Waals surface area contributed by atoms with E-state index in [0.717, 1.165) is 4.47 Å². The van der Waals surface area contributed by atoms with Gasteiger partial charge in [-0.15, -0.1) is 0 Å². The number of phenolic OH excluding ortho intramolecular Hbond substituents is 1. The summed E-state index contributed by atoms with van der Waals surface area (Å²) >= 11 is 3.29. The minimum atomic E-state index is -0.679. The lowest BCUT2D eigenvalue weighted by Crippen LogP contribution is -2.17. The van der Waals surface area contributed by atoms with Crippen LogP contribution in [0.15, 0.2) is 62.2 Å². The maximum atomic E-state index is 12.2. The number of carbonyl (C=O) groups excluding carboxylic acids is 1. The highest BCUT2D eigenvalue weighted by Crippen LogP contribution is 2.21. The molecule has 3 rings (SSSR count). The molecule has 0 aliphatic rings. The van der Waals surface area contributed by atoms with Crippen LogP contribution in [-0.2, 0) is 0 Å². The summed E-state index contributed by atoms with van der Waals surface area (Å²) in [6.07, 6.45) is 0. The van der Waals surface area contributed by atoms with Gasteiger partial charge in [-0.2, -0.15) is 0 Å². The highest BCUT2D eigenvalue weighted by Gasteiger charge is 2.11. The maximum Gasteiger partial charge on any atom is 0.360 e. The lowest BCUT2D eigenvalue weighted by atomic mass is 10.2. The van der Waals surface area contributed by atoms with E-state index in [1.807, 2.05) is 0 Å². The van der Waals surface area contributed by atoms with E-state index in [1.165, 1.54) is 18.2 Å². The summed E-state index contributed by atoms with van der Waals surface area (Å²) in [5.41, 5.74) is 0.0367. The molecule has 0 bridgehead atoms. The lowest BCUT2D eigenvalue weighted by Gasteiger charge is -2.05. The first-order chi connectivity index (χ1) is 10.5. The van der Waals surface area contributed by atoms with Crippen molar-refractivity contribution in [3.63, 3.8) is 0 Å². The van der Waals surface area contributed by atoms with Crippen molar-refractivity contribution in [3.8, 4) is 5.75 Å². The highest BCUT2D eigenvalue weighted by atomic mass is 79.9. The Kier molecular flexibility index (Phi) is 3.68. The molecule has 22 heavy (non-hydrogen) atoms. The lowest BCUT2D eigenvalue weighted by molar-refractivity contribution is 0.102. The maximum absolute atomic E-state index is 12.2. The van der Waals surface area contributed by atoms with E-state index in [0.29, 0.717) is 10.9 Å². The molecule has 3 aromatic rings. The molecule has 0 atom stereocenters. The molecule has 0 spiro atoms. The average Bonchev–Trinajstić information content (AvgIpc) is 2.48. The van der Waals surface area contributed by atoms with Crippen molar-refractivity contribution in [2.45, 2.75) is 0 Å². The van der Waals surface area contributed by atoms with Gasteiger partial charge in [0.25, 0.3) is 5.91 Å². The predicted octanol–water partition coefficient (Wildman–Crippen LogP) is 3.51. The number of aromatic hydroxyl groups is 1. The predicted molar refractivity (Wildman–Crippen MR) is 86.2 cm³/mol. The number of halogens is 1. The van der Waals surface area contributed by atoms with Crippen LogP contribution in [-0.4, -0.2) is 11.0 Å². The second kappa shape index (κ2) is 5.65. The summed E-state index contributed by atoms with van der Waals surface area (Å²) in [5.74, 6) is -0.409. The van der Waals surface area contributed by atoms with Crippen molar-refractivity contribution in [3.05, 3.63) is 69.0 Å². The Morgan fingerprint density at radius 3 is 2.73 bits per heavy atom. The average molecular weight is 360 g/mol. The molecule has 2 N–H and O–H groups in total. The molecule has 6 heteroatoms. The third-order valence-electron chi connectivity index (χ3n) is 3.05.